The Kier molecular flexibility index (Phi) is 8.20. The normalized spacial score (nSPS) is 17.8. The molecule has 1 saturated carbocycles. The Hall–Kier alpha value is -0.570. The Labute approximate surface area is 125 Å². The number of nitrogens with one attached hydrogen (secondary N) is 2. The summed E-state index contributed by atoms with van der Waals surface area (Å²) in [7, 11) is 0. The highest BCUT2D eigenvalue weighted by Crippen LogP contribution is 2.19. The minimum atomic E-state index is 0.170. The molecule has 1 fully saturated rings. The smallest absolute Gasteiger partial charge is 0.234 e. The second-order valence-electron chi connectivity index (χ2n) is 7.04. The van der Waals surface area contributed by atoms with Gasteiger partial charge in [0, 0.05) is 6.04 Å². The number of rotatable bonds is 7. The fourth-order valence-corrected chi connectivity index (χ4v) is 3.30. The van der Waals surface area contributed by atoms with Crippen molar-refractivity contribution in [1.82, 2.24) is 10.6 Å². The highest BCUT2D eigenvalue weighted by atomic mass is 16.1. The van der Waals surface area contributed by atoms with Gasteiger partial charge in [-0.3, -0.25) is 4.79 Å². The Balaban J connectivity index is 2.21. The van der Waals surface area contributed by atoms with Crippen molar-refractivity contribution >= 4 is 5.91 Å². The van der Waals surface area contributed by atoms with E-state index in [2.05, 4.69) is 38.3 Å². The Morgan fingerprint density at radius 2 is 1.55 bits per heavy atom. The van der Waals surface area contributed by atoms with E-state index in [-0.39, 0.29) is 5.91 Å². The summed E-state index contributed by atoms with van der Waals surface area (Å²) in [5.41, 5.74) is 0. The van der Waals surface area contributed by atoms with E-state index in [9.17, 15) is 4.79 Å². The largest absolute Gasteiger partial charge is 0.352 e. The second-order valence-corrected chi connectivity index (χ2v) is 7.04. The van der Waals surface area contributed by atoms with Crippen LogP contribution in [0.1, 0.15) is 66.2 Å². The first-order valence-corrected chi connectivity index (χ1v) is 8.50. The van der Waals surface area contributed by atoms with Gasteiger partial charge in [0.25, 0.3) is 0 Å². The van der Waals surface area contributed by atoms with Gasteiger partial charge in [0.2, 0.25) is 5.91 Å². The lowest BCUT2D eigenvalue weighted by Gasteiger charge is -2.25. The first-order chi connectivity index (χ1) is 9.50. The summed E-state index contributed by atoms with van der Waals surface area (Å²) in [4.78, 5) is 12.0. The predicted molar refractivity (Wildman–Crippen MR) is 85.7 cm³/mol. The van der Waals surface area contributed by atoms with E-state index >= 15 is 0 Å². The molecule has 0 aromatic heterocycles. The van der Waals surface area contributed by atoms with Crippen molar-refractivity contribution in [3.8, 4) is 0 Å². The fraction of sp³-hybridized carbons (Fsp3) is 0.941. The minimum Gasteiger partial charge on any atom is -0.352 e. The van der Waals surface area contributed by atoms with Crippen LogP contribution in [0.25, 0.3) is 0 Å². The SMILES string of the molecule is CC(C)C(CNCC(=O)NC1CCCCCC1)C(C)C. The Bertz CT molecular complexity index is 260. The first kappa shape index (κ1) is 17.5. The van der Waals surface area contributed by atoms with Crippen molar-refractivity contribution < 1.29 is 4.79 Å². The third-order valence-corrected chi connectivity index (χ3v) is 4.60. The van der Waals surface area contributed by atoms with E-state index in [1.165, 1.54) is 25.7 Å². The molecule has 2 N–H and O–H groups in total. The summed E-state index contributed by atoms with van der Waals surface area (Å²) in [5.74, 6) is 2.13. The van der Waals surface area contributed by atoms with E-state index in [0.717, 1.165) is 19.4 Å². The lowest BCUT2D eigenvalue weighted by Crippen LogP contribution is -2.42. The molecular formula is C17H34N2O. The molecule has 1 aliphatic carbocycles. The fourth-order valence-electron chi connectivity index (χ4n) is 3.30. The van der Waals surface area contributed by atoms with Crippen molar-refractivity contribution in [2.75, 3.05) is 13.1 Å². The van der Waals surface area contributed by atoms with Gasteiger partial charge in [0.05, 0.1) is 6.54 Å². The molecule has 0 spiro atoms. The number of hydrogen-bond donors (Lipinski definition) is 2. The molecule has 3 heteroatoms. The van der Waals surface area contributed by atoms with Gasteiger partial charge in [-0.15, -0.1) is 0 Å². The maximum absolute atomic E-state index is 12.0. The molecule has 0 atom stereocenters. The maximum atomic E-state index is 12.0. The molecule has 0 bridgehead atoms. The number of hydrogen-bond acceptors (Lipinski definition) is 2. The van der Waals surface area contributed by atoms with Crippen LogP contribution in [0.15, 0.2) is 0 Å². The van der Waals surface area contributed by atoms with Gasteiger partial charge < -0.3 is 10.6 Å². The molecule has 0 aromatic carbocycles. The summed E-state index contributed by atoms with van der Waals surface area (Å²) in [6.07, 6.45) is 7.51. The van der Waals surface area contributed by atoms with Crippen molar-refractivity contribution in [1.29, 1.82) is 0 Å². The van der Waals surface area contributed by atoms with Gasteiger partial charge in [-0.2, -0.15) is 0 Å². The Morgan fingerprint density at radius 3 is 2.05 bits per heavy atom. The number of carbonyl (C=O) groups excluding carboxylic acids is 1. The molecule has 118 valence electrons. The van der Waals surface area contributed by atoms with Crippen LogP contribution in [0.2, 0.25) is 0 Å². The maximum Gasteiger partial charge on any atom is 0.234 e. The van der Waals surface area contributed by atoms with Crippen molar-refractivity contribution in [3.05, 3.63) is 0 Å². The van der Waals surface area contributed by atoms with E-state index in [0.29, 0.717) is 30.3 Å². The Morgan fingerprint density at radius 1 is 1.00 bits per heavy atom. The molecule has 0 aromatic rings. The van der Waals surface area contributed by atoms with Crippen LogP contribution >= 0.6 is 0 Å². The van der Waals surface area contributed by atoms with Gasteiger partial charge in [0.15, 0.2) is 0 Å². The van der Waals surface area contributed by atoms with Crippen molar-refractivity contribution in [2.24, 2.45) is 17.8 Å². The summed E-state index contributed by atoms with van der Waals surface area (Å²) < 4.78 is 0. The molecule has 0 aliphatic heterocycles. The van der Waals surface area contributed by atoms with Crippen LogP contribution in [0.5, 0.6) is 0 Å². The van der Waals surface area contributed by atoms with E-state index in [1.807, 2.05) is 0 Å². The van der Waals surface area contributed by atoms with Gasteiger partial charge in [-0.25, -0.2) is 0 Å². The quantitative estimate of drug-likeness (QED) is 0.703. The van der Waals surface area contributed by atoms with Gasteiger partial charge in [-0.1, -0.05) is 53.4 Å². The average molecular weight is 282 g/mol. The lowest BCUT2D eigenvalue weighted by atomic mass is 9.85. The van der Waals surface area contributed by atoms with E-state index in [4.69, 9.17) is 0 Å². The third kappa shape index (κ3) is 6.74. The van der Waals surface area contributed by atoms with Gasteiger partial charge in [-0.05, 0) is 37.1 Å². The molecule has 20 heavy (non-hydrogen) atoms. The third-order valence-electron chi connectivity index (χ3n) is 4.60. The van der Waals surface area contributed by atoms with Crippen molar-refractivity contribution in [3.63, 3.8) is 0 Å². The highest BCUT2D eigenvalue weighted by molar-refractivity contribution is 5.78. The molecule has 0 unspecified atom stereocenters. The molecular weight excluding hydrogens is 248 g/mol. The van der Waals surface area contributed by atoms with Crippen molar-refractivity contribution in [2.45, 2.75) is 72.3 Å². The number of amides is 1. The van der Waals surface area contributed by atoms with Gasteiger partial charge in [0.1, 0.15) is 0 Å². The second kappa shape index (κ2) is 9.38. The first-order valence-electron chi connectivity index (χ1n) is 8.50. The molecule has 3 nitrogen and oxygen atoms in total. The topological polar surface area (TPSA) is 41.1 Å². The molecule has 0 heterocycles. The predicted octanol–water partition coefficient (Wildman–Crippen LogP) is 3.34. The molecule has 1 amide bonds. The average Bonchev–Trinajstić information content (AvgIpc) is 2.62. The highest BCUT2D eigenvalue weighted by Gasteiger charge is 2.18. The summed E-state index contributed by atoms with van der Waals surface area (Å²) in [5, 5.41) is 6.53. The summed E-state index contributed by atoms with van der Waals surface area (Å²) in [6.45, 7) is 10.5. The van der Waals surface area contributed by atoms with Crippen LogP contribution in [-0.4, -0.2) is 25.0 Å². The van der Waals surface area contributed by atoms with E-state index in [1.54, 1.807) is 0 Å². The summed E-state index contributed by atoms with van der Waals surface area (Å²) in [6, 6.07) is 0.415. The lowest BCUT2D eigenvalue weighted by molar-refractivity contribution is -0.121. The van der Waals surface area contributed by atoms with Crippen LogP contribution in [0, 0.1) is 17.8 Å². The molecule has 0 radical (unpaired) electrons. The zero-order valence-corrected chi connectivity index (χ0v) is 13.9. The van der Waals surface area contributed by atoms with Gasteiger partial charge >= 0.3 is 0 Å². The zero-order valence-electron chi connectivity index (χ0n) is 13.9. The van der Waals surface area contributed by atoms with Crippen LogP contribution in [0.4, 0.5) is 0 Å². The summed E-state index contributed by atoms with van der Waals surface area (Å²) >= 11 is 0. The molecule has 0 saturated heterocycles. The standard InChI is InChI=1S/C17H34N2O/c1-13(2)16(14(3)4)11-18-12-17(20)19-15-9-7-5-6-8-10-15/h13-16,18H,5-12H2,1-4H3,(H,19,20). The van der Waals surface area contributed by atoms with Crippen LogP contribution in [-0.2, 0) is 4.79 Å². The molecule has 1 rings (SSSR count). The zero-order chi connectivity index (χ0) is 15.0. The number of carbonyl (C=O) groups is 1. The van der Waals surface area contributed by atoms with E-state index < -0.39 is 0 Å². The van der Waals surface area contributed by atoms with Crippen LogP contribution in [0.3, 0.4) is 0 Å². The monoisotopic (exact) mass is 282 g/mol. The molecule has 1 aliphatic rings. The minimum absolute atomic E-state index is 0.170. The van der Waals surface area contributed by atoms with Crippen LogP contribution < -0.4 is 10.6 Å².